The molecule has 0 unspecified atom stereocenters. The minimum atomic E-state index is -0.00492. The van der Waals surface area contributed by atoms with Crippen LogP contribution in [0.25, 0.3) is 0 Å². The molecule has 0 aliphatic carbocycles. The zero-order valence-electron chi connectivity index (χ0n) is 16.3. The maximum absolute atomic E-state index is 12.9. The molecule has 7 heteroatoms. The minimum absolute atomic E-state index is 0.00492. The smallest absolute Gasteiger partial charge is 0.270 e. The first kappa shape index (κ1) is 20.1. The largest absolute Gasteiger partial charge is 0.356 e. The third-order valence-electron chi connectivity index (χ3n) is 5.21. The van der Waals surface area contributed by atoms with E-state index in [1.54, 1.807) is 34.9 Å². The lowest BCUT2D eigenvalue weighted by molar-refractivity contribution is 0.0787. The van der Waals surface area contributed by atoms with Crippen LogP contribution in [0.15, 0.2) is 47.3 Å². The van der Waals surface area contributed by atoms with Gasteiger partial charge in [-0.25, -0.2) is 0 Å². The lowest BCUT2D eigenvalue weighted by Crippen LogP contribution is -2.31. The van der Waals surface area contributed by atoms with Gasteiger partial charge in [-0.15, -0.1) is 22.7 Å². The molecule has 3 aromatic heterocycles. The first-order valence-electron chi connectivity index (χ1n) is 9.97. The van der Waals surface area contributed by atoms with Crippen LogP contribution in [0.4, 0.5) is 0 Å². The first-order chi connectivity index (χ1) is 14.2. The van der Waals surface area contributed by atoms with Crippen LogP contribution in [0.1, 0.15) is 43.4 Å². The van der Waals surface area contributed by atoms with Crippen LogP contribution in [0.2, 0.25) is 0 Å². The summed E-state index contributed by atoms with van der Waals surface area (Å²) in [5, 5.41) is 4.15. The lowest BCUT2D eigenvalue weighted by atomic mass is 10.2. The normalized spacial score (nSPS) is 14.0. The Morgan fingerprint density at radius 2 is 1.79 bits per heavy atom. The Balaban J connectivity index is 1.40. The van der Waals surface area contributed by atoms with Gasteiger partial charge in [-0.1, -0.05) is 12.1 Å². The van der Waals surface area contributed by atoms with Crippen molar-refractivity contribution >= 4 is 34.4 Å². The van der Waals surface area contributed by atoms with Crippen molar-refractivity contribution in [2.75, 3.05) is 26.2 Å². The third-order valence-corrected chi connectivity index (χ3v) is 7.01. The van der Waals surface area contributed by atoms with Crippen molar-refractivity contribution in [2.24, 2.45) is 0 Å². The predicted octanol–water partition coefficient (Wildman–Crippen LogP) is 4.30. The molecule has 0 radical (unpaired) electrons. The zero-order chi connectivity index (χ0) is 20.1. The summed E-state index contributed by atoms with van der Waals surface area (Å²) >= 11 is 3.46. The number of rotatable bonds is 9. The van der Waals surface area contributed by atoms with Crippen LogP contribution < -0.4 is 0 Å². The van der Waals surface area contributed by atoms with E-state index in [0.717, 1.165) is 45.4 Å². The quantitative estimate of drug-likeness (QED) is 0.518. The predicted molar refractivity (Wildman–Crippen MR) is 118 cm³/mol. The van der Waals surface area contributed by atoms with Gasteiger partial charge < -0.3 is 9.88 Å². The minimum Gasteiger partial charge on any atom is -0.356 e. The Bertz CT molecular complexity index is 925. The summed E-state index contributed by atoms with van der Waals surface area (Å²) in [5.41, 5.74) is 1.10. The number of carbonyl (C=O) groups is 2. The fourth-order valence-corrected chi connectivity index (χ4v) is 5.07. The Kier molecular flexibility index (Phi) is 6.59. The highest BCUT2D eigenvalue weighted by Crippen LogP contribution is 2.17. The van der Waals surface area contributed by atoms with Crippen LogP contribution in [0.3, 0.4) is 0 Å². The molecule has 1 N–H and O–H groups in total. The number of thiophene rings is 2. The second-order valence-corrected chi connectivity index (χ2v) is 9.41. The number of nitrogens with one attached hydrogen (secondary N) is 1. The number of likely N-dealkylation sites (tertiary alicyclic amines) is 1. The molecule has 0 spiro atoms. The number of amides is 1. The zero-order valence-corrected chi connectivity index (χ0v) is 17.9. The number of nitrogens with zero attached hydrogens (tertiary/aromatic N) is 2. The SMILES string of the molecule is O=C(CN(CCc1cccs1)Cc1cccs1)c1c[nH]c(C(=O)N2CCCC2)c1. The number of Topliss-reactive ketones (excluding diaryl/α,β-unsaturated/α-hetero) is 1. The molecule has 4 heterocycles. The van der Waals surface area contributed by atoms with Gasteiger partial charge in [0, 0.05) is 47.7 Å². The molecule has 5 nitrogen and oxygen atoms in total. The highest BCUT2D eigenvalue weighted by atomic mass is 32.1. The number of aromatic amines is 1. The Hall–Kier alpha value is -2.22. The number of ketones is 1. The van der Waals surface area contributed by atoms with Crippen molar-refractivity contribution < 1.29 is 9.59 Å². The molecule has 1 aliphatic heterocycles. The van der Waals surface area contributed by atoms with Crippen molar-refractivity contribution in [3.63, 3.8) is 0 Å². The van der Waals surface area contributed by atoms with Crippen molar-refractivity contribution in [3.8, 4) is 0 Å². The van der Waals surface area contributed by atoms with Gasteiger partial charge in [-0.2, -0.15) is 0 Å². The summed E-state index contributed by atoms with van der Waals surface area (Å²) in [4.78, 5) is 35.1. The molecular formula is C22H25N3O2S2. The summed E-state index contributed by atoms with van der Waals surface area (Å²) in [6, 6.07) is 10.1. The number of hydrogen-bond acceptors (Lipinski definition) is 5. The molecule has 0 bridgehead atoms. The molecular weight excluding hydrogens is 402 g/mol. The maximum Gasteiger partial charge on any atom is 0.270 e. The Morgan fingerprint density at radius 1 is 1.07 bits per heavy atom. The van der Waals surface area contributed by atoms with E-state index in [1.165, 1.54) is 9.75 Å². The molecule has 1 amide bonds. The van der Waals surface area contributed by atoms with E-state index in [2.05, 4.69) is 38.8 Å². The van der Waals surface area contributed by atoms with Gasteiger partial charge in [0.2, 0.25) is 0 Å². The topological polar surface area (TPSA) is 56.4 Å². The Labute approximate surface area is 179 Å². The summed E-state index contributed by atoms with van der Waals surface area (Å²) in [6.07, 6.45) is 4.72. The van der Waals surface area contributed by atoms with E-state index in [0.29, 0.717) is 17.8 Å². The van der Waals surface area contributed by atoms with Crippen LogP contribution in [0, 0.1) is 0 Å². The van der Waals surface area contributed by atoms with Crippen molar-refractivity contribution in [3.05, 3.63) is 68.3 Å². The second-order valence-electron chi connectivity index (χ2n) is 7.34. The van der Waals surface area contributed by atoms with Gasteiger partial charge >= 0.3 is 0 Å². The fraction of sp³-hybridized carbons (Fsp3) is 0.364. The van der Waals surface area contributed by atoms with Crippen molar-refractivity contribution in [2.45, 2.75) is 25.8 Å². The van der Waals surface area contributed by atoms with Crippen LogP contribution in [-0.4, -0.2) is 52.7 Å². The Morgan fingerprint density at radius 3 is 2.48 bits per heavy atom. The van der Waals surface area contributed by atoms with Gasteiger partial charge in [-0.05, 0) is 48.2 Å². The van der Waals surface area contributed by atoms with Crippen LogP contribution in [-0.2, 0) is 13.0 Å². The molecule has 29 heavy (non-hydrogen) atoms. The van der Waals surface area contributed by atoms with Crippen molar-refractivity contribution in [1.29, 1.82) is 0 Å². The monoisotopic (exact) mass is 427 g/mol. The average molecular weight is 428 g/mol. The van der Waals surface area contributed by atoms with Gasteiger partial charge in [0.1, 0.15) is 5.69 Å². The molecule has 1 aliphatic rings. The van der Waals surface area contributed by atoms with E-state index >= 15 is 0 Å². The van der Waals surface area contributed by atoms with Crippen LogP contribution >= 0.6 is 22.7 Å². The molecule has 152 valence electrons. The van der Waals surface area contributed by atoms with Gasteiger partial charge in [-0.3, -0.25) is 14.5 Å². The highest BCUT2D eigenvalue weighted by Gasteiger charge is 2.22. The third kappa shape index (κ3) is 5.23. The van der Waals surface area contributed by atoms with E-state index in [1.807, 2.05) is 11.0 Å². The van der Waals surface area contributed by atoms with E-state index in [-0.39, 0.29) is 11.7 Å². The molecule has 0 aromatic carbocycles. The number of hydrogen-bond donors (Lipinski definition) is 1. The number of carbonyl (C=O) groups excluding carboxylic acids is 2. The maximum atomic E-state index is 12.9. The molecule has 4 rings (SSSR count). The summed E-state index contributed by atoms with van der Waals surface area (Å²) in [6.45, 7) is 3.54. The van der Waals surface area contributed by atoms with E-state index in [9.17, 15) is 9.59 Å². The van der Waals surface area contributed by atoms with Gasteiger partial charge in [0.25, 0.3) is 5.91 Å². The molecule has 3 aromatic rings. The standard InChI is InChI=1S/C22H25N3O2S2/c26-21(17-13-20(23-14-17)22(27)25-8-1-2-9-25)16-24(15-19-6-4-12-29-19)10-7-18-5-3-11-28-18/h3-6,11-14,23H,1-2,7-10,15-16H2. The van der Waals surface area contributed by atoms with Crippen LogP contribution in [0.5, 0.6) is 0 Å². The van der Waals surface area contributed by atoms with Gasteiger partial charge in [0.15, 0.2) is 5.78 Å². The summed E-state index contributed by atoms with van der Waals surface area (Å²) < 4.78 is 0. The molecule has 0 saturated carbocycles. The van der Waals surface area contributed by atoms with Crippen molar-refractivity contribution in [1.82, 2.24) is 14.8 Å². The van der Waals surface area contributed by atoms with Gasteiger partial charge in [0.05, 0.1) is 6.54 Å². The highest BCUT2D eigenvalue weighted by molar-refractivity contribution is 7.10. The number of aromatic nitrogens is 1. The molecule has 0 atom stereocenters. The summed E-state index contributed by atoms with van der Waals surface area (Å²) in [5.74, 6) is 0.0409. The fourth-order valence-electron chi connectivity index (χ4n) is 3.62. The summed E-state index contributed by atoms with van der Waals surface area (Å²) in [7, 11) is 0. The van der Waals surface area contributed by atoms with E-state index in [4.69, 9.17) is 0 Å². The lowest BCUT2D eigenvalue weighted by Gasteiger charge is -2.20. The number of H-pyrrole nitrogens is 1. The molecule has 1 fully saturated rings. The second kappa shape index (κ2) is 9.52. The molecule has 1 saturated heterocycles. The van der Waals surface area contributed by atoms with E-state index < -0.39 is 0 Å². The first-order valence-corrected chi connectivity index (χ1v) is 11.7. The average Bonchev–Trinajstić information content (AvgIpc) is 3.52.